The molecule has 0 spiro atoms. The molecule has 0 fully saturated rings. The van der Waals surface area contributed by atoms with Gasteiger partial charge in [0.05, 0.1) is 0 Å². The first kappa shape index (κ1) is 13.0. The fourth-order valence-electron chi connectivity index (χ4n) is 4.17. The Labute approximate surface area is 144 Å². The number of furan rings is 1. The molecule has 0 aliphatic heterocycles. The summed E-state index contributed by atoms with van der Waals surface area (Å²) in [5.41, 5.74) is 1.94. The van der Waals surface area contributed by atoms with Gasteiger partial charge in [-0.3, -0.25) is 0 Å². The molecule has 1 aromatic heterocycles. The lowest BCUT2D eigenvalue weighted by molar-refractivity contribution is 0.673. The molecule has 116 valence electrons. The van der Waals surface area contributed by atoms with Crippen LogP contribution in [0.25, 0.3) is 54.3 Å². The summed E-state index contributed by atoms with van der Waals surface area (Å²) in [5, 5.41) is 9.89. The predicted molar refractivity (Wildman–Crippen MR) is 106 cm³/mol. The minimum atomic E-state index is 0.954. The first-order chi connectivity index (χ1) is 12.4. The normalized spacial score (nSPS) is 12.0. The van der Waals surface area contributed by atoms with Crippen LogP contribution in [0.4, 0.5) is 0 Å². The fraction of sp³-hybridized carbons (Fsp3) is 0. The second kappa shape index (κ2) is 4.61. The van der Waals surface area contributed by atoms with Crippen molar-refractivity contribution < 1.29 is 4.42 Å². The van der Waals surface area contributed by atoms with E-state index in [2.05, 4.69) is 84.9 Å². The van der Waals surface area contributed by atoms with Crippen LogP contribution >= 0.6 is 0 Å². The molecule has 5 aromatic carbocycles. The van der Waals surface area contributed by atoms with Crippen LogP contribution < -0.4 is 0 Å². The molecular formula is C24H14O. The zero-order chi connectivity index (χ0) is 16.4. The van der Waals surface area contributed by atoms with Crippen LogP contribution in [0.15, 0.2) is 89.3 Å². The van der Waals surface area contributed by atoms with Crippen molar-refractivity contribution in [2.45, 2.75) is 0 Å². The zero-order valence-corrected chi connectivity index (χ0v) is 13.5. The first-order valence-electron chi connectivity index (χ1n) is 8.55. The van der Waals surface area contributed by atoms with Gasteiger partial charge in [0.25, 0.3) is 0 Å². The van der Waals surface area contributed by atoms with Gasteiger partial charge in [-0.05, 0) is 33.0 Å². The summed E-state index contributed by atoms with van der Waals surface area (Å²) < 4.78 is 6.38. The molecule has 6 rings (SSSR count). The van der Waals surface area contributed by atoms with E-state index in [1.54, 1.807) is 0 Å². The van der Waals surface area contributed by atoms with Gasteiger partial charge in [-0.1, -0.05) is 78.9 Å². The lowest BCUT2D eigenvalue weighted by Crippen LogP contribution is -1.80. The summed E-state index contributed by atoms with van der Waals surface area (Å²) in [5.74, 6) is 0. The van der Waals surface area contributed by atoms with Gasteiger partial charge in [0.1, 0.15) is 11.2 Å². The highest BCUT2D eigenvalue weighted by Gasteiger charge is 2.16. The van der Waals surface area contributed by atoms with E-state index >= 15 is 0 Å². The third-order valence-corrected chi connectivity index (χ3v) is 5.24. The quantitative estimate of drug-likeness (QED) is 0.274. The van der Waals surface area contributed by atoms with Crippen LogP contribution in [0.2, 0.25) is 0 Å². The molecule has 0 saturated heterocycles. The monoisotopic (exact) mass is 318 g/mol. The van der Waals surface area contributed by atoms with Gasteiger partial charge in [-0.2, -0.15) is 0 Å². The number of fused-ring (bicyclic) bond motifs is 10. The third kappa shape index (κ3) is 1.62. The van der Waals surface area contributed by atoms with Crippen LogP contribution in [0.1, 0.15) is 0 Å². The third-order valence-electron chi connectivity index (χ3n) is 5.24. The van der Waals surface area contributed by atoms with Gasteiger partial charge in [-0.15, -0.1) is 0 Å². The van der Waals surface area contributed by atoms with Gasteiger partial charge in [0.15, 0.2) is 0 Å². The van der Waals surface area contributed by atoms with E-state index in [1.165, 1.54) is 43.1 Å². The standard InChI is InChI=1S/C24H14O/c1-2-8-16-15(7-1)13-14-21-22(16)23-19-11-5-3-9-17(19)18-10-4-6-12-20(18)24(23)25-21/h1-14H. The second-order valence-electron chi connectivity index (χ2n) is 6.56. The molecule has 25 heavy (non-hydrogen) atoms. The maximum Gasteiger partial charge on any atom is 0.143 e. The highest BCUT2D eigenvalue weighted by molar-refractivity contribution is 6.33. The second-order valence-corrected chi connectivity index (χ2v) is 6.56. The van der Waals surface area contributed by atoms with Gasteiger partial charge in [-0.25, -0.2) is 0 Å². The number of benzene rings is 5. The maximum atomic E-state index is 6.38. The molecule has 0 aliphatic rings. The van der Waals surface area contributed by atoms with Gasteiger partial charge in [0, 0.05) is 16.2 Å². The van der Waals surface area contributed by atoms with Crippen molar-refractivity contribution in [1.29, 1.82) is 0 Å². The largest absolute Gasteiger partial charge is 0.455 e. The lowest BCUT2D eigenvalue weighted by atomic mass is 9.95. The molecule has 0 radical (unpaired) electrons. The smallest absolute Gasteiger partial charge is 0.143 e. The Bertz CT molecular complexity index is 1440. The molecule has 0 bridgehead atoms. The molecule has 1 heteroatoms. The van der Waals surface area contributed by atoms with Crippen LogP contribution in [-0.4, -0.2) is 0 Å². The molecule has 0 amide bonds. The van der Waals surface area contributed by atoms with Gasteiger partial charge >= 0.3 is 0 Å². The maximum absolute atomic E-state index is 6.38. The molecule has 0 atom stereocenters. The Kier molecular flexibility index (Phi) is 2.40. The molecule has 6 aromatic rings. The number of hydrogen-bond acceptors (Lipinski definition) is 1. The highest BCUT2D eigenvalue weighted by atomic mass is 16.3. The van der Waals surface area contributed by atoms with E-state index in [-0.39, 0.29) is 0 Å². The first-order valence-corrected chi connectivity index (χ1v) is 8.55. The van der Waals surface area contributed by atoms with Crippen molar-refractivity contribution in [2.75, 3.05) is 0 Å². The van der Waals surface area contributed by atoms with Crippen molar-refractivity contribution >= 4 is 54.3 Å². The SMILES string of the molecule is c1ccc2c(c1)ccc1oc3c4ccccc4c4ccccc4c3c12. The Balaban J connectivity index is 2.05. The van der Waals surface area contributed by atoms with Crippen LogP contribution in [0.3, 0.4) is 0 Å². The molecule has 0 N–H and O–H groups in total. The summed E-state index contributed by atoms with van der Waals surface area (Å²) in [6.07, 6.45) is 0. The molecular weight excluding hydrogens is 304 g/mol. The predicted octanol–water partition coefficient (Wildman–Crippen LogP) is 7.05. The van der Waals surface area contributed by atoms with E-state index in [9.17, 15) is 0 Å². The Morgan fingerprint density at radius 1 is 0.440 bits per heavy atom. The summed E-state index contributed by atoms with van der Waals surface area (Å²) >= 11 is 0. The van der Waals surface area contributed by atoms with Crippen molar-refractivity contribution in [3.05, 3.63) is 84.9 Å². The summed E-state index contributed by atoms with van der Waals surface area (Å²) in [6, 6.07) is 30.0. The molecule has 1 nitrogen and oxygen atoms in total. The summed E-state index contributed by atoms with van der Waals surface area (Å²) in [7, 11) is 0. The average Bonchev–Trinajstić information content (AvgIpc) is 3.09. The molecule has 0 aliphatic carbocycles. The van der Waals surface area contributed by atoms with E-state index in [1.807, 2.05) is 0 Å². The summed E-state index contributed by atoms with van der Waals surface area (Å²) in [6.45, 7) is 0. The van der Waals surface area contributed by atoms with E-state index in [0.29, 0.717) is 0 Å². The Hall–Kier alpha value is -3.32. The van der Waals surface area contributed by atoms with Crippen molar-refractivity contribution in [3.8, 4) is 0 Å². The average molecular weight is 318 g/mol. The number of rotatable bonds is 0. The lowest BCUT2D eigenvalue weighted by Gasteiger charge is -2.06. The Morgan fingerprint density at radius 3 is 1.84 bits per heavy atom. The fourth-order valence-corrected chi connectivity index (χ4v) is 4.17. The minimum absolute atomic E-state index is 0.954. The van der Waals surface area contributed by atoms with Crippen molar-refractivity contribution in [1.82, 2.24) is 0 Å². The molecule has 0 unspecified atom stereocenters. The topological polar surface area (TPSA) is 13.1 Å². The van der Waals surface area contributed by atoms with Gasteiger partial charge < -0.3 is 4.42 Å². The van der Waals surface area contributed by atoms with Crippen molar-refractivity contribution in [3.63, 3.8) is 0 Å². The van der Waals surface area contributed by atoms with E-state index in [4.69, 9.17) is 4.42 Å². The number of hydrogen-bond donors (Lipinski definition) is 0. The molecule has 1 heterocycles. The van der Waals surface area contributed by atoms with E-state index < -0.39 is 0 Å². The van der Waals surface area contributed by atoms with Crippen LogP contribution in [-0.2, 0) is 0 Å². The highest BCUT2D eigenvalue weighted by Crippen LogP contribution is 2.42. The molecule has 0 saturated carbocycles. The van der Waals surface area contributed by atoms with Crippen molar-refractivity contribution in [2.24, 2.45) is 0 Å². The summed E-state index contributed by atoms with van der Waals surface area (Å²) in [4.78, 5) is 0. The minimum Gasteiger partial charge on any atom is -0.455 e. The van der Waals surface area contributed by atoms with E-state index in [0.717, 1.165) is 11.2 Å². The zero-order valence-electron chi connectivity index (χ0n) is 13.5. The van der Waals surface area contributed by atoms with Crippen LogP contribution in [0.5, 0.6) is 0 Å². The Morgan fingerprint density at radius 2 is 1.04 bits per heavy atom. The van der Waals surface area contributed by atoms with Gasteiger partial charge in [0.2, 0.25) is 0 Å². The van der Waals surface area contributed by atoms with Crippen LogP contribution in [0, 0.1) is 0 Å².